The zero-order chi connectivity index (χ0) is 25.0. The highest BCUT2D eigenvalue weighted by atomic mass is 16.4. The van der Waals surface area contributed by atoms with Gasteiger partial charge in [-0.25, -0.2) is 0 Å². The maximum absolute atomic E-state index is 10.1. The van der Waals surface area contributed by atoms with Crippen LogP contribution < -0.4 is 10.6 Å². The Morgan fingerprint density at radius 2 is 0.806 bits per heavy atom. The Morgan fingerprint density at radius 3 is 1.11 bits per heavy atom. The highest BCUT2D eigenvalue weighted by Gasteiger charge is 2.35. The lowest BCUT2D eigenvalue weighted by atomic mass is 9.75. The molecule has 0 amide bonds. The fraction of sp³-hybridized carbons (Fsp3) is 0.933. The molecule has 2 unspecified atom stereocenters. The van der Waals surface area contributed by atoms with E-state index in [1.54, 1.807) is 0 Å². The molecule has 0 spiro atoms. The Balaban J connectivity index is 1.39. The van der Waals surface area contributed by atoms with Gasteiger partial charge in [-0.1, -0.05) is 87.4 Å². The van der Waals surface area contributed by atoms with Crippen LogP contribution in [0.25, 0.3) is 0 Å². The van der Waals surface area contributed by atoms with Crippen LogP contribution in [-0.2, 0) is 0 Å². The fourth-order valence-corrected chi connectivity index (χ4v) is 8.01. The number of hydrogen-bond acceptors (Lipinski definition) is 6. The van der Waals surface area contributed by atoms with Crippen LogP contribution in [0.4, 0.5) is 0 Å². The number of rotatable bonds is 11. The van der Waals surface area contributed by atoms with Gasteiger partial charge < -0.3 is 21.0 Å². The second-order valence-electron chi connectivity index (χ2n) is 12.4. The molecule has 0 saturated heterocycles. The van der Waals surface area contributed by atoms with Gasteiger partial charge in [0.1, 0.15) is 0 Å². The molecule has 0 radical (unpaired) electrons. The summed E-state index contributed by atoms with van der Waals surface area (Å²) < 4.78 is 0. The summed E-state index contributed by atoms with van der Waals surface area (Å²) in [5.41, 5.74) is 2.07. The van der Waals surface area contributed by atoms with E-state index in [4.69, 9.17) is 0 Å². The average molecular weight is 503 g/mol. The Kier molecular flexibility index (Phi) is 11.9. The number of nitrogens with zero attached hydrogens (tertiary/aromatic N) is 2. The summed E-state index contributed by atoms with van der Waals surface area (Å²) in [6.45, 7) is 1.72. The van der Waals surface area contributed by atoms with Crippen molar-refractivity contribution in [3.63, 3.8) is 0 Å². The summed E-state index contributed by atoms with van der Waals surface area (Å²) >= 11 is 0. The third kappa shape index (κ3) is 7.69. The molecule has 6 heteroatoms. The molecule has 4 aliphatic rings. The monoisotopic (exact) mass is 502 g/mol. The summed E-state index contributed by atoms with van der Waals surface area (Å²) in [6, 6.07) is 0.385. The maximum Gasteiger partial charge on any atom is 0.0773 e. The van der Waals surface area contributed by atoms with Crippen molar-refractivity contribution in [2.24, 2.45) is 34.0 Å². The van der Waals surface area contributed by atoms with Crippen LogP contribution >= 0.6 is 0 Å². The third-order valence-electron chi connectivity index (χ3n) is 10.0. The van der Waals surface area contributed by atoms with Crippen molar-refractivity contribution >= 4 is 11.4 Å². The van der Waals surface area contributed by atoms with Crippen LogP contribution in [0.2, 0.25) is 0 Å². The third-order valence-corrected chi connectivity index (χ3v) is 10.0. The van der Waals surface area contributed by atoms with Crippen LogP contribution in [0.5, 0.6) is 0 Å². The summed E-state index contributed by atoms with van der Waals surface area (Å²) in [4.78, 5) is 0. The van der Waals surface area contributed by atoms with Gasteiger partial charge in [0, 0.05) is 24.9 Å². The van der Waals surface area contributed by atoms with Crippen LogP contribution in [0, 0.1) is 23.7 Å². The van der Waals surface area contributed by atoms with Gasteiger partial charge in [0.25, 0.3) is 0 Å². The van der Waals surface area contributed by atoms with E-state index in [9.17, 15) is 10.4 Å². The van der Waals surface area contributed by atoms with Crippen molar-refractivity contribution in [1.29, 1.82) is 0 Å². The number of oxime groups is 2. The van der Waals surface area contributed by atoms with Crippen molar-refractivity contribution in [3.05, 3.63) is 0 Å². The summed E-state index contributed by atoms with van der Waals surface area (Å²) in [5, 5.41) is 35.9. The molecule has 6 nitrogen and oxygen atoms in total. The molecule has 0 aromatic carbocycles. The lowest BCUT2D eigenvalue weighted by Gasteiger charge is -2.37. The highest BCUT2D eigenvalue weighted by molar-refractivity contribution is 5.92. The predicted molar refractivity (Wildman–Crippen MR) is 148 cm³/mol. The minimum atomic E-state index is 0.192. The van der Waals surface area contributed by atoms with Gasteiger partial charge in [-0.2, -0.15) is 0 Å². The van der Waals surface area contributed by atoms with Gasteiger partial charge in [-0.05, 0) is 63.2 Å². The first-order chi connectivity index (χ1) is 17.8. The highest BCUT2D eigenvalue weighted by Crippen LogP contribution is 2.34. The predicted octanol–water partition coefficient (Wildman–Crippen LogP) is 6.88. The molecule has 0 aromatic heterocycles. The van der Waals surface area contributed by atoms with Crippen LogP contribution in [0.15, 0.2) is 10.3 Å². The maximum atomic E-state index is 10.1. The van der Waals surface area contributed by atoms with Gasteiger partial charge >= 0.3 is 0 Å². The minimum absolute atomic E-state index is 0.192. The van der Waals surface area contributed by atoms with E-state index in [1.807, 2.05) is 0 Å². The van der Waals surface area contributed by atoms with E-state index in [2.05, 4.69) is 20.9 Å². The molecule has 0 aromatic rings. The minimum Gasteiger partial charge on any atom is -0.411 e. The van der Waals surface area contributed by atoms with E-state index in [1.165, 1.54) is 128 Å². The van der Waals surface area contributed by atoms with Crippen LogP contribution in [0.1, 0.15) is 128 Å². The van der Waals surface area contributed by atoms with Gasteiger partial charge in [-0.3, -0.25) is 0 Å². The van der Waals surface area contributed by atoms with Gasteiger partial charge in [0.15, 0.2) is 0 Å². The van der Waals surface area contributed by atoms with Crippen molar-refractivity contribution in [1.82, 2.24) is 10.6 Å². The Hall–Kier alpha value is -1.14. The molecular weight excluding hydrogens is 448 g/mol. The van der Waals surface area contributed by atoms with Crippen molar-refractivity contribution in [3.8, 4) is 0 Å². The van der Waals surface area contributed by atoms with Gasteiger partial charge in [-0.15, -0.1) is 0 Å². The van der Waals surface area contributed by atoms with Gasteiger partial charge in [0.05, 0.1) is 23.5 Å². The topological polar surface area (TPSA) is 89.2 Å². The van der Waals surface area contributed by atoms with E-state index in [0.717, 1.165) is 24.5 Å². The largest absolute Gasteiger partial charge is 0.411 e. The number of nitrogens with one attached hydrogen (secondary N) is 2. The van der Waals surface area contributed by atoms with E-state index in [0.29, 0.717) is 23.7 Å². The second-order valence-corrected chi connectivity index (χ2v) is 12.4. The van der Waals surface area contributed by atoms with Crippen molar-refractivity contribution in [2.75, 3.05) is 13.1 Å². The Morgan fingerprint density at radius 1 is 0.500 bits per heavy atom. The molecule has 2 atom stereocenters. The molecule has 0 heterocycles. The lowest BCUT2D eigenvalue weighted by Crippen LogP contribution is -2.52. The van der Waals surface area contributed by atoms with Gasteiger partial charge in [0.2, 0.25) is 0 Å². The van der Waals surface area contributed by atoms with E-state index < -0.39 is 0 Å². The summed E-state index contributed by atoms with van der Waals surface area (Å²) in [5.74, 6) is 2.03. The zero-order valence-corrected chi connectivity index (χ0v) is 22.8. The summed E-state index contributed by atoms with van der Waals surface area (Å²) in [7, 11) is 0. The van der Waals surface area contributed by atoms with Crippen molar-refractivity contribution in [2.45, 2.75) is 141 Å². The fourth-order valence-electron chi connectivity index (χ4n) is 8.01. The van der Waals surface area contributed by atoms with E-state index >= 15 is 0 Å². The average Bonchev–Trinajstić information content (AvgIpc) is 2.96. The normalized spacial score (nSPS) is 26.7. The molecule has 4 N–H and O–H groups in total. The molecule has 4 aliphatic carbocycles. The van der Waals surface area contributed by atoms with Crippen LogP contribution in [-0.4, -0.2) is 47.0 Å². The molecule has 36 heavy (non-hydrogen) atoms. The molecule has 0 bridgehead atoms. The van der Waals surface area contributed by atoms with Crippen LogP contribution in [0.3, 0.4) is 0 Å². The SMILES string of the molecule is ON=C(C1CCCCC1)C(NCCNC(C(=NO)C1CCCCC1)C1CCCCC1)C1CCCCC1. The quantitative estimate of drug-likeness (QED) is 0.107. The molecule has 4 rings (SSSR count). The zero-order valence-electron chi connectivity index (χ0n) is 22.8. The molecule has 4 saturated carbocycles. The Bertz CT molecular complexity index is 614. The first kappa shape index (κ1) is 27.9. The lowest BCUT2D eigenvalue weighted by molar-refractivity contribution is 0.266. The Labute approximate surface area is 220 Å². The summed E-state index contributed by atoms with van der Waals surface area (Å²) in [6.07, 6.45) is 25.2. The van der Waals surface area contributed by atoms with E-state index in [-0.39, 0.29) is 12.1 Å². The van der Waals surface area contributed by atoms with Crippen molar-refractivity contribution < 1.29 is 10.4 Å². The smallest absolute Gasteiger partial charge is 0.0773 e. The molecule has 4 fully saturated rings. The molecular formula is C30H54N4O2. The molecule has 0 aliphatic heterocycles. The molecule has 206 valence electrons. The second kappa shape index (κ2) is 15.3. The first-order valence-electron chi connectivity index (χ1n) is 15.7. The number of hydrogen-bond donors (Lipinski definition) is 4. The standard InChI is InChI=1S/C30H54N4O2/c35-33-29(25-17-9-3-10-18-25)27(23-13-5-1-6-14-23)31-21-22-32-28(24-15-7-2-8-16-24)30(34-36)26-19-11-4-12-20-26/h23-28,31-32,35-36H,1-22H2. The first-order valence-corrected chi connectivity index (χ1v) is 15.7.